The molecular formula is C24H40N4O8. The second-order valence-corrected chi connectivity index (χ2v) is 12.1. The fourth-order valence-electron chi connectivity index (χ4n) is 5.33. The number of nitrogens with zero attached hydrogens (tertiary/aromatic N) is 2. The number of carboxylic acids is 2. The van der Waals surface area contributed by atoms with E-state index in [-0.39, 0.29) is 35.9 Å². The lowest BCUT2D eigenvalue weighted by Gasteiger charge is -2.25. The zero-order valence-electron chi connectivity index (χ0n) is 21.9. The number of carbonyl (C=O) groups is 4. The molecule has 0 aromatic carbocycles. The number of aliphatic carboxylic acids is 2. The van der Waals surface area contributed by atoms with Crippen LogP contribution < -0.4 is 10.6 Å². The van der Waals surface area contributed by atoms with Crippen LogP contribution in [0.1, 0.15) is 41.5 Å². The summed E-state index contributed by atoms with van der Waals surface area (Å²) in [7, 11) is 0. The van der Waals surface area contributed by atoms with Crippen LogP contribution in [0.5, 0.6) is 0 Å². The molecule has 4 N–H and O–H groups in total. The van der Waals surface area contributed by atoms with E-state index in [9.17, 15) is 19.2 Å². The van der Waals surface area contributed by atoms with Crippen molar-refractivity contribution in [3.63, 3.8) is 0 Å². The second kappa shape index (κ2) is 10.4. The summed E-state index contributed by atoms with van der Waals surface area (Å²) in [6, 6.07) is -1.08. The number of hydrogen-bond donors (Lipinski definition) is 4. The average molecular weight is 513 g/mol. The number of nitrogens with one attached hydrogen (secondary N) is 2. The smallest absolute Gasteiger partial charge is 0.410 e. The van der Waals surface area contributed by atoms with Crippen molar-refractivity contribution in [2.75, 3.05) is 39.3 Å². The summed E-state index contributed by atoms with van der Waals surface area (Å²) >= 11 is 0. The van der Waals surface area contributed by atoms with Crippen molar-refractivity contribution >= 4 is 24.1 Å². The lowest BCUT2D eigenvalue weighted by Crippen LogP contribution is -2.41. The minimum absolute atomic E-state index is 0.00461. The van der Waals surface area contributed by atoms with Crippen LogP contribution in [0.4, 0.5) is 9.59 Å². The molecule has 12 nitrogen and oxygen atoms in total. The zero-order valence-corrected chi connectivity index (χ0v) is 21.9. The summed E-state index contributed by atoms with van der Waals surface area (Å²) in [5, 5.41) is 24.1. The Bertz CT molecular complexity index is 797. The molecule has 4 aliphatic rings. The summed E-state index contributed by atoms with van der Waals surface area (Å²) in [6.07, 6.45) is -0.693. The lowest BCUT2D eigenvalue weighted by atomic mass is 9.94. The van der Waals surface area contributed by atoms with Gasteiger partial charge in [0, 0.05) is 51.1 Å². The first-order chi connectivity index (χ1) is 16.6. The van der Waals surface area contributed by atoms with Gasteiger partial charge in [-0.2, -0.15) is 0 Å². The first-order valence-electron chi connectivity index (χ1n) is 12.4. The van der Waals surface area contributed by atoms with Gasteiger partial charge < -0.3 is 40.1 Å². The summed E-state index contributed by atoms with van der Waals surface area (Å²) in [5.74, 6) is -1.25. The van der Waals surface area contributed by atoms with Crippen LogP contribution >= 0.6 is 0 Å². The van der Waals surface area contributed by atoms with Gasteiger partial charge in [-0.1, -0.05) is 0 Å². The van der Waals surface area contributed by atoms with Crippen molar-refractivity contribution in [2.24, 2.45) is 23.7 Å². The molecule has 4 heterocycles. The second-order valence-electron chi connectivity index (χ2n) is 12.1. The molecule has 36 heavy (non-hydrogen) atoms. The van der Waals surface area contributed by atoms with Gasteiger partial charge in [-0.15, -0.1) is 0 Å². The van der Waals surface area contributed by atoms with Crippen LogP contribution in [-0.4, -0.2) is 107 Å². The van der Waals surface area contributed by atoms with Crippen molar-refractivity contribution in [1.82, 2.24) is 20.4 Å². The number of rotatable bonds is 2. The predicted molar refractivity (Wildman–Crippen MR) is 128 cm³/mol. The molecule has 6 unspecified atom stereocenters. The maximum absolute atomic E-state index is 11.9. The Labute approximate surface area is 211 Å². The van der Waals surface area contributed by atoms with Gasteiger partial charge in [0.15, 0.2) is 0 Å². The van der Waals surface area contributed by atoms with Crippen molar-refractivity contribution in [2.45, 2.75) is 64.8 Å². The van der Waals surface area contributed by atoms with Crippen LogP contribution in [0.2, 0.25) is 0 Å². The molecule has 0 aromatic rings. The summed E-state index contributed by atoms with van der Waals surface area (Å²) < 4.78 is 10.6. The van der Waals surface area contributed by atoms with E-state index < -0.39 is 35.2 Å². The van der Waals surface area contributed by atoms with Gasteiger partial charge >= 0.3 is 24.1 Å². The predicted octanol–water partition coefficient (Wildman–Crippen LogP) is 1.05. The highest BCUT2D eigenvalue weighted by molar-refractivity contribution is 5.76. The van der Waals surface area contributed by atoms with Crippen molar-refractivity contribution in [3.05, 3.63) is 0 Å². The van der Waals surface area contributed by atoms with Crippen LogP contribution in [0, 0.1) is 23.7 Å². The molecule has 4 saturated heterocycles. The standard InChI is InChI=1S/2C12H20N2O4/c2*1-12(2,3)18-11(17)14-5-7-4-13-9(10(15)16)8(7)6-14/h2*7-9,13H,4-6H2,1-3H3,(H,15,16). The number of amides is 2. The molecule has 4 rings (SSSR count). The fraction of sp³-hybridized carbons (Fsp3) is 0.833. The average Bonchev–Trinajstić information content (AvgIpc) is 3.44. The molecule has 0 spiro atoms. The maximum Gasteiger partial charge on any atom is 0.410 e. The first-order valence-corrected chi connectivity index (χ1v) is 12.4. The Kier molecular flexibility index (Phi) is 8.09. The molecule has 0 bridgehead atoms. The number of ether oxygens (including phenoxy) is 2. The molecule has 0 saturated carbocycles. The molecule has 0 aliphatic carbocycles. The minimum atomic E-state index is -0.839. The van der Waals surface area contributed by atoms with E-state index in [4.69, 9.17) is 19.7 Å². The Hall–Kier alpha value is -2.60. The van der Waals surface area contributed by atoms with E-state index in [1.54, 1.807) is 9.80 Å². The molecular weight excluding hydrogens is 472 g/mol. The third kappa shape index (κ3) is 6.78. The van der Waals surface area contributed by atoms with E-state index in [1.807, 2.05) is 41.5 Å². The van der Waals surface area contributed by atoms with Crippen LogP contribution in [-0.2, 0) is 19.1 Å². The topological polar surface area (TPSA) is 158 Å². The highest BCUT2D eigenvalue weighted by Crippen LogP contribution is 2.32. The minimum Gasteiger partial charge on any atom is -0.480 e. The van der Waals surface area contributed by atoms with Gasteiger partial charge in [-0.25, -0.2) is 9.59 Å². The highest BCUT2D eigenvalue weighted by Gasteiger charge is 2.48. The van der Waals surface area contributed by atoms with E-state index in [1.165, 1.54) is 0 Å². The van der Waals surface area contributed by atoms with Crippen molar-refractivity contribution in [1.29, 1.82) is 0 Å². The SMILES string of the molecule is CC(C)(C)OC(=O)N1CC2CNC(C(=O)O)C2C1.CC(C)(C)OC(=O)N1CC2CNC(C(=O)O)C2C1. The Morgan fingerprint density at radius 1 is 0.667 bits per heavy atom. The highest BCUT2D eigenvalue weighted by atomic mass is 16.6. The third-order valence-electron chi connectivity index (χ3n) is 6.87. The molecule has 4 aliphatic heterocycles. The van der Waals surface area contributed by atoms with Crippen LogP contribution in [0.15, 0.2) is 0 Å². The molecule has 0 radical (unpaired) electrons. The van der Waals surface area contributed by atoms with Crippen LogP contribution in [0.3, 0.4) is 0 Å². The monoisotopic (exact) mass is 512 g/mol. The normalized spacial score (nSPS) is 31.3. The van der Waals surface area contributed by atoms with Gasteiger partial charge in [-0.05, 0) is 53.4 Å². The van der Waals surface area contributed by atoms with E-state index in [0.717, 1.165) is 0 Å². The molecule has 4 fully saturated rings. The first kappa shape index (κ1) is 28.0. The number of hydrogen-bond acceptors (Lipinski definition) is 8. The number of fused-ring (bicyclic) bond motifs is 2. The van der Waals surface area contributed by atoms with Gasteiger partial charge in [0.25, 0.3) is 0 Å². The van der Waals surface area contributed by atoms with E-state index in [0.29, 0.717) is 39.3 Å². The Balaban J connectivity index is 0.000000201. The van der Waals surface area contributed by atoms with Crippen molar-refractivity contribution < 1.29 is 38.9 Å². The number of likely N-dealkylation sites (tertiary alicyclic amines) is 2. The molecule has 204 valence electrons. The quantitative estimate of drug-likeness (QED) is 0.421. The maximum atomic E-state index is 11.9. The van der Waals surface area contributed by atoms with Crippen LogP contribution in [0.25, 0.3) is 0 Å². The van der Waals surface area contributed by atoms with Crippen molar-refractivity contribution in [3.8, 4) is 0 Å². The number of carbonyl (C=O) groups excluding carboxylic acids is 2. The van der Waals surface area contributed by atoms with Gasteiger partial charge in [0.2, 0.25) is 0 Å². The van der Waals surface area contributed by atoms with Gasteiger partial charge in [0.05, 0.1) is 0 Å². The summed E-state index contributed by atoms with van der Waals surface area (Å²) in [4.78, 5) is 49.2. The zero-order chi connectivity index (χ0) is 27.0. The van der Waals surface area contributed by atoms with Gasteiger partial charge in [0.1, 0.15) is 23.3 Å². The summed E-state index contributed by atoms with van der Waals surface area (Å²) in [5.41, 5.74) is -1.03. The van der Waals surface area contributed by atoms with E-state index >= 15 is 0 Å². The van der Waals surface area contributed by atoms with E-state index in [2.05, 4.69) is 10.6 Å². The lowest BCUT2D eigenvalue weighted by molar-refractivity contribution is -0.141. The molecule has 0 aromatic heterocycles. The molecule has 2 amide bonds. The number of carboxylic acid groups (broad SMARTS) is 2. The molecule has 12 heteroatoms. The Morgan fingerprint density at radius 3 is 1.28 bits per heavy atom. The largest absolute Gasteiger partial charge is 0.480 e. The fourth-order valence-corrected chi connectivity index (χ4v) is 5.33. The van der Waals surface area contributed by atoms with Gasteiger partial charge in [-0.3, -0.25) is 9.59 Å². The molecule has 6 atom stereocenters. The Morgan fingerprint density at radius 2 is 1.00 bits per heavy atom. The summed E-state index contributed by atoms with van der Waals surface area (Å²) in [6.45, 7) is 14.3. The third-order valence-corrected chi connectivity index (χ3v) is 6.87.